The highest BCUT2D eigenvalue weighted by atomic mass is 32.2. The summed E-state index contributed by atoms with van der Waals surface area (Å²) in [4.78, 5) is 45.8. The van der Waals surface area contributed by atoms with Gasteiger partial charge in [-0.15, -0.1) is 18.3 Å². The first-order valence-electron chi connectivity index (χ1n) is 13.6. The molecule has 206 valence electrons. The Balaban J connectivity index is 1.86. The van der Waals surface area contributed by atoms with E-state index in [1.807, 2.05) is 42.2 Å². The summed E-state index contributed by atoms with van der Waals surface area (Å²) in [5.74, 6) is -2.12. The molecule has 4 rings (SSSR count). The molecule has 0 aliphatic carbocycles. The lowest BCUT2D eigenvalue weighted by Gasteiger charge is -2.43. The van der Waals surface area contributed by atoms with Gasteiger partial charge in [0.1, 0.15) is 12.6 Å². The number of hydrogen-bond donors (Lipinski definition) is 1. The average Bonchev–Trinajstić information content (AvgIpc) is 3.50. The highest BCUT2D eigenvalue weighted by Gasteiger charge is 2.77. The Morgan fingerprint density at radius 1 is 1.29 bits per heavy atom. The lowest BCUT2D eigenvalue weighted by Crippen LogP contribution is -2.59. The molecule has 3 saturated heterocycles. The van der Waals surface area contributed by atoms with E-state index in [-0.39, 0.29) is 42.2 Å². The average molecular weight is 541 g/mol. The maximum absolute atomic E-state index is 14.6. The van der Waals surface area contributed by atoms with Crippen LogP contribution in [0.2, 0.25) is 0 Å². The minimum atomic E-state index is -0.821. The third-order valence-electron chi connectivity index (χ3n) is 8.57. The topological polar surface area (TPSA) is 87.2 Å². The fourth-order valence-corrected chi connectivity index (χ4v) is 9.36. The molecule has 2 bridgehead atoms. The van der Waals surface area contributed by atoms with Gasteiger partial charge < -0.3 is 19.6 Å². The molecule has 0 saturated carbocycles. The van der Waals surface area contributed by atoms with Crippen molar-refractivity contribution in [2.45, 2.75) is 68.2 Å². The molecule has 1 aromatic carbocycles. The number of aliphatic hydroxyl groups is 1. The Morgan fingerprint density at radius 2 is 2.00 bits per heavy atom. The molecule has 7 nitrogen and oxygen atoms in total. The van der Waals surface area contributed by atoms with Crippen molar-refractivity contribution in [3.8, 4) is 0 Å². The molecule has 1 aromatic rings. The summed E-state index contributed by atoms with van der Waals surface area (Å²) < 4.78 is 4.69. The fraction of sp³-hybridized carbons (Fsp3) is 0.567. The van der Waals surface area contributed by atoms with Crippen LogP contribution in [0.15, 0.2) is 55.6 Å². The second kappa shape index (κ2) is 11.7. The van der Waals surface area contributed by atoms with Gasteiger partial charge in [-0.2, -0.15) is 0 Å². The molecule has 8 atom stereocenters. The Kier molecular flexibility index (Phi) is 8.72. The van der Waals surface area contributed by atoms with Gasteiger partial charge in [0, 0.05) is 17.8 Å². The first-order valence-corrected chi connectivity index (χ1v) is 14.5. The lowest BCUT2D eigenvalue weighted by atomic mass is 9.66. The van der Waals surface area contributed by atoms with Crippen LogP contribution in [-0.2, 0) is 19.1 Å². The number of hydrogen-bond acceptors (Lipinski definition) is 6. The number of nitrogens with zero attached hydrogens (tertiary/aromatic N) is 2. The number of amides is 2. The number of aliphatic hydroxyl groups excluding tert-OH is 1. The van der Waals surface area contributed by atoms with Gasteiger partial charge in [-0.05, 0) is 31.2 Å². The van der Waals surface area contributed by atoms with Crippen LogP contribution < -0.4 is 0 Å². The molecule has 1 spiro atoms. The first-order chi connectivity index (χ1) is 18.3. The zero-order valence-electron chi connectivity index (χ0n) is 22.6. The zero-order chi connectivity index (χ0) is 27.6. The Hall–Kier alpha value is -2.58. The maximum Gasteiger partial charge on any atom is 0.311 e. The predicted octanol–water partition coefficient (Wildman–Crippen LogP) is 3.99. The number of benzene rings is 1. The molecule has 1 N–H and O–H groups in total. The monoisotopic (exact) mass is 540 g/mol. The summed E-state index contributed by atoms with van der Waals surface area (Å²) in [5.41, 5.74) is 0.757. The molecule has 2 amide bonds. The van der Waals surface area contributed by atoms with Crippen molar-refractivity contribution >= 4 is 29.5 Å². The van der Waals surface area contributed by atoms with E-state index in [1.165, 1.54) is 6.08 Å². The minimum Gasteiger partial charge on any atom is -0.461 e. The summed E-state index contributed by atoms with van der Waals surface area (Å²) in [6.07, 6.45) is 5.70. The van der Waals surface area contributed by atoms with Gasteiger partial charge >= 0.3 is 5.97 Å². The van der Waals surface area contributed by atoms with Crippen LogP contribution in [0.1, 0.15) is 51.6 Å². The van der Waals surface area contributed by atoms with Gasteiger partial charge in [0.25, 0.3) is 0 Å². The normalized spacial score (nSPS) is 31.0. The van der Waals surface area contributed by atoms with E-state index in [9.17, 15) is 19.5 Å². The van der Waals surface area contributed by atoms with Crippen LogP contribution in [0.5, 0.6) is 0 Å². The first kappa shape index (κ1) is 28.4. The highest BCUT2D eigenvalue weighted by molar-refractivity contribution is 8.02. The Bertz CT molecular complexity index is 1060. The lowest BCUT2D eigenvalue weighted by molar-refractivity contribution is -0.154. The van der Waals surface area contributed by atoms with Crippen molar-refractivity contribution < 1.29 is 24.2 Å². The number of esters is 1. The molecule has 4 unspecified atom stereocenters. The van der Waals surface area contributed by atoms with Gasteiger partial charge in [-0.25, -0.2) is 0 Å². The summed E-state index contributed by atoms with van der Waals surface area (Å²) in [6.45, 7) is 13.8. The van der Waals surface area contributed by atoms with Crippen molar-refractivity contribution in [1.82, 2.24) is 9.80 Å². The zero-order valence-corrected chi connectivity index (χ0v) is 23.4. The van der Waals surface area contributed by atoms with Crippen LogP contribution in [0.4, 0.5) is 0 Å². The quantitative estimate of drug-likeness (QED) is 0.319. The minimum absolute atomic E-state index is 0.0241. The van der Waals surface area contributed by atoms with E-state index in [0.29, 0.717) is 6.54 Å². The molecule has 3 aliphatic rings. The number of fused-ring (bicyclic) bond motifs is 1. The molecule has 8 heteroatoms. The van der Waals surface area contributed by atoms with E-state index in [0.717, 1.165) is 24.8 Å². The molecular weight excluding hydrogens is 500 g/mol. The molecule has 0 radical (unpaired) electrons. The standard InChI is InChI=1S/C30H40N2O5S/c1-6-12-20(5)31(15-7-2)28(35)26-30-19(4)17-23(38-30)24(29(36)37-16-8-3)25(30)27(34)32(26)22(18-33)21-13-10-9-11-14-21/h7-11,13-14,19-20,22-26,33H,2-3,6,12,15-18H2,1,4-5H3/t19?,20?,22-,23+,24-,25+,26?,30?/m1/s1. The molecule has 3 fully saturated rings. The molecule has 3 aliphatic heterocycles. The third kappa shape index (κ3) is 4.49. The van der Waals surface area contributed by atoms with E-state index in [2.05, 4.69) is 27.0 Å². The number of carbonyl (C=O) groups is 3. The molecular formula is C30H40N2O5S. The van der Waals surface area contributed by atoms with E-state index < -0.39 is 34.6 Å². The smallest absolute Gasteiger partial charge is 0.311 e. The van der Waals surface area contributed by atoms with Crippen molar-refractivity contribution in [2.75, 3.05) is 19.8 Å². The molecule has 3 heterocycles. The van der Waals surface area contributed by atoms with Gasteiger partial charge in [0.05, 0.1) is 29.2 Å². The van der Waals surface area contributed by atoms with Gasteiger partial charge in [0.15, 0.2) is 0 Å². The van der Waals surface area contributed by atoms with Gasteiger partial charge in [-0.1, -0.05) is 69.3 Å². The summed E-state index contributed by atoms with van der Waals surface area (Å²) in [5, 5.41) is 10.5. The van der Waals surface area contributed by atoms with Crippen molar-refractivity contribution in [2.24, 2.45) is 17.8 Å². The van der Waals surface area contributed by atoms with Crippen molar-refractivity contribution in [3.05, 3.63) is 61.2 Å². The predicted molar refractivity (Wildman–Crippen MR) is 149 cm³/mol. The highest BCUT2D eigenvalue weighted by Crippen LogP contribution is 2.69. The number of rotatable bonds is 12. The van der Waals surface area contributed by atoms with Crippen LogP contribution in [0.3, 0.4) is 0 Å². The van der Waals surface area contributed by atoms with Crippen LogP contribution >= 0.6 is 11.8 Å². The largest absolute Gasteiger partial charge is 0.461 e. The Morgan fingerprint density at radius 3 is 2.61 bits per heavy atom. The number of thioether (sulfide) groups is 1. The second-order valence-electron chi connectivity index (χ2n) is 10.7. The third-order valence-corrected chi connectivity index (χ3v) is 10.6. The summed E-state index contributed by atoms with van der Waals surface area (Å²) in [7, 11) is 0. The SMILES string of the molecule is C=CCOC(=O)[C@@H]1[C@@H]2CC(C)C3(S2)C(C(=O)N(CC=C)C(C)CCC)N([C@H](CO)c2ccccc2)C(=O)[C@H]13. The Labute approximate surface area is 230 Å². The van der Waals surface area contributed by atoms with Crippen molar-refractivity contribution in [3.63, 3.8) is 0 Å². The van der Waals surface area contributed by atoms with E-state index >= 15 is 0 Å². The van der Waals surface area contributed by atoms with Crippen molar-refractivity contribution in [1.29, 1.82) is 0 Å². The molecule has 38 heavy (non-hydrogen) atoms. The van der Waals surface area contributed by atoms with Crippen LogP contribution in [0.25, 0.3) is 0 Å². The maximum atomic E-state index is 14.6. The van der Waals surface area contributed by atoms with E-state index in [4.69, 9.17) is 4.74 Å². The number of ether oxygens (including phenoxy) is 1. The van der Waals surface area contributed by atoms with Crippen LogP contribution in [-0.4, -0.2) is 74.5 Å². The summed E-state index contributed by atoms with van der Waals surface area (Å²) >= 11 is 1.61. The number of likely N-dealkylation sites (tertiary alicyclic amines) is 1. The van der Waals surface area contributed by atoms with Gasteiger partial charge in [-0.3, -0.25) is 14.4 Å². The fourth-order valence-electron chi connectivity index (χ4n) is 6.97. The van der Waals surface area contributed by atoms with Gasteiger partial charge in [0.2, 0.25) is 11.8 Å². The molecule has 0 aromatic heterocycles. The number of carbonyl (C=O) groups excluding carboxylic acids is 3. The summed E-state index contributed by atoms with van der Waals surface area (Å²) in [6, 6.07) is 7.76. The second-order valence-corrected chi connectivity index (χ2v) is 12.3. The van der Waals surface area contributed by atoms with Crippen LogP contribution in [0, 0.1) is 17.8 Å². The van der Waals surface area contributed by atoms with E-state index in [1.54, 1.807) is 22.7 Å².